The molecule has 158 valence electrons. The molecule has 1 heterocycles. The van der Waals surface area contributed by atoms with E-state index in [4.69, 9.17) is 16.3 Å². The lowest BCUT2D eigenvalue weighted by Gasteiger charge is -2.43. The number of hydrogen-bond donors (Lipinski definition) is 1. The smallest absolute Gasteiger partial charge is 0.419 e. The van der Waals surface area contributed by atoms with Gasteiger partial charge < -0.3 is 10.1 Å². The Hall–Kier alpha value is -2.67. The van der Waals surface area contributed by atoms with Crippen molar-refractivity contribution in [2.75, 3.05) is 12.0 Å². The number of halogens is 4. The molecule has 8 heteroatoms. The predicted octanol–water partition coefficient (Wildman–Crippen LogP) is 5.80. The van der Waals surface area contributed by atoms with Crippen LogP contribution in [0.5, 0.6) is 5.75 Å². The van der Waals surface area contributed by atoms with Crippen LogP contribution in [0.3, 0.4) is 0 Å². The van der Waals surface area contributed by atoms with E-state index in [1.807, 2.05) is 0 Å². The third-order valence-corrected chi connectivity index (χ3v) is 5.65. The van der Waals surface area contributed by atoms with E-state index < -0.39 is 17.7 Å². The lowest BCUT2D eigenvalue weighted by atomic mass is 9.84. The number of hydrogen-bond acceptors (Lipinski definition) is 2. The van der Waals surface area contributed by atoms with Gasteiger partial charge in [0.2, 0.25) is 0 Å². The number of anilines is 1. The number of benzene rings is 2. The minimum atomic E-state index is -4.74. The molecule has 0 aromatic heterocycles. The van der Waals surface area contributed by atoms with Crippen LogP contribution in [0.4, 0.5) is 23.7 Å². The molecule has 0 radical (unpaired) electrons. The van der Waals surface area contributed by atoms with Crippen molar-refractivity contribution in [1.29, 1.82) is 0 Å². The van der Waals surface area contributed by atoms with Crippen LogP contribution in [0.15, 0.2) is 54.6 Å². The summed E-state index contributed by atoms with van der Waals surface area (Å²) in [4.78, 5) is 14.2. The van der Waals surface area contributed by atoms with Gasteiger partial charge in [0.05, 0.1) is 19.3 Å². The SMILES string of the molecule is COc1ccc(CN2C(=O)N[C@](C=CC3CC3)(C(F)(F)F)c3cc(Cl)ccc32)cc1. The maximum Gasteiger partial charge on any atom is 0.419 e. The standard InChI is InChI=1S/C22H20ClF3N2O2/c1-30-17-7-4-15(5-8-17)13-28-19-9-6-16(23)12-18(19)21(22(24,25)26,27-20(28)29)11-10-14-2-3-14/h4-12,14H,2-3,13H2,1H3,(H,27,29)/t21-/m0/s1. The molecule has 1 saturated carbocycles. The van der Waals surface area contributed by atoms with Gasteiger partial charge in [0, 0.05) is 10.6 Å². The number of urea groups is 1. The fourth-order valence-electron chi connectivity index (χ4n) is 3.56. The summed E-state index contributed by atoms with van der Waals surface area (Å²) in [7, 11) is 1.54. The zero-order valence-electron chi connectivity index (χ0n) is 16.2. The largest absolute Gasteiger partial charge is 0.497 e. The summed E-state index contributed by atoms with van der Waals surface area (Å²) in [5.41, 5.74) is -1.78. The van der Waals surface area contributed by atoms with Crippen molar-refractivity contribution in [3.05, 3.63) is 70.8 Å². The number of carbonyl (C=O) groups is 1. The van der Waals surface area contributed by atoms with Gasteiger partial charge in [-0.3, -0.25) is 4.90 Å². The van der Waals surface area contributed by atoms with Crippen molar-refractivity contribution in [1.82, 2.24) is 5.32 Å². The van der Waals surface area contributed by atoms with E-state index in [2.05, 4.69) is 5.32 Å². The van der Waals surface area contributed by atoms with Crippen molar-refractivity contribution >= 4 is 23.3 Å². The fourth-order valence-corrected chi connectivity index (χ4v) is 3.73. The minimum Gasteiger partial charge on any atom is -0.497 e. The van der Waals surface area contributed by atoms with Gasteiger partial charge in [-0.2, -0.15) is 13.2 Å². The molecule has 2 amide bonds. The van der Waals surface area contributed by atoms with Crippen LogP contribution < -0.4 is 15.0 Å². The van der Waals surface area contributed by atoms with E-state index in [-0.39, 0.29) is 28.7 Å². The number of methoxy groups -OCH3 is 1. The zero-order chi connectivity index (χ0) is 21.5. The fraction of sp³-hybridized carbons (Fsp3) is 0.318. The van der Waals surface area contributed by atoms with Gasteiger partial charge in [0.15, 0.2) is 5.54 Å². The zero-order valence-corrected chi connectivity index (χ0v) is 16.9. The van der Waals surface area contributed by atoms with Crippen LogP contribution in [-0.4, -0.2) is 19.3 Å². The first-order valence-corrected chi connectivity index (χ1v) is 9.90. The monoisotopic (exact) mass is 436 g/mol. The molecule has 2 aromatic carbocycles. The highest BCUT2D eigenvalue weighted by Gasteiger charge is 2.59. The number of allylic oxidation sites excluding steroid dienone is 1. The number of ether oxygens (including phenoxy) is 1. The highest BCUT2D eigenvalue weighted by Crippen LogP contribution is 2.48. The Kier molecular flexibility index (Phi) is 5.18. The number of nitrogens with zero attached hydrogens (tertiary/aromatic N) is 1. The van der Waals surface area contributed by atoms with Gasteiger partial charge in [0.1, 0.15) is 5.75 Å². The highest BCUT2D eigenvalue weighted by molar-refractivity contribution is 6.30. The highest BCUT2D eigenvalue weighted by atomic mass is 35.5. The summed E-state index contributed by atoms with van der Waals surface area (Å²) >= 11 is 6.07. The van der Waals surface area contributed by atoms with Gasteiger partial charge in [-0.05, 0) is 60.7 Å². The summed E-state index contributed by atoms with van der Waals surface area (Å²) in [5.74, 6) is 0.761. The van der Waals surface area contributed by atoms with Crippen LogP contribution >= 0.6 is 11.6 Å². The topological polar surface area (TPSA) is 41.6 Å². The average Bonchev–Trinajstić information content (AvgIpc) is 3.53. The molecule has 0 unspecified atom stereocenters. The van der Waals surface area contributed by atoms with E-state index in [1.54, 1.807) is 31.4 Å². The lowest BCUT2D eigenvalue weighted by Crippen LogP contribution is -2.61. The van der Waals surface area contributed by atoms with Crippen molar-refractivity contribution in [3.63, 3.8) is 0 Å². The van der Waals surface area contributed by atoms with Crippen molar-refractivity contribution in [2.45, 2.75) is 31.1 Å². The Bertz CT molecular complexity index is 987. The minimum absolute atomic E-state index is 0.0903. The van der Waals surface area contributed by atoms with Gasteiger partial charge in [0.25, 0.3) is 0 Å². The van der Waals surface area contributed by atoms with Crippen molar-refractivity contribution in [2.24, 2.45) is 5.92 Å². The molecule has 1 aliphatic heterocycles. The van der Waals surface area contributed by atoms with Gasteiger partial charge in [-0.15, -0.1) is 0 Å². The van der Waals surface area contributed by atoms with E-state index in [0.717, 1.165) is 24.5 Å². The first-order valence-electron chi connectivity index (χ1n) is 9.52. The molecule has 1 fully saturated rings. The van der Waals surface area contributed by atoms with E-state index in [0.29, 0.717) is 5.75 Å². The van der Waals surface area contributed by atoms with Gasteiger partial charge in [-0.25, -0.2) is 4.79 Å². The predicted molar refractivity (Wildman–Crippen MR) is 109 cm³/mol. The van der Waals surface area contributed by atoms with Crippen LogP contribution in [-0.2, 0) is 12.1 Å². The Labute approximate surface area is 177 Å². The molecule has 1 atom stereocenters. The summed E-state index contributed by atoms with van der Waals surface area (Å²) in [6.07, 6.45) is -0.422. The van der Waals surface area contributed by atoms with E-state index >= 15 is 0 Å². The summed E-state index contributed by atoms with van der Waals surface area (Å²) in [6.45, 7) is 0.102. The molecule has 0 saturated heterocycles. The summed E-state index contributed by atoms with van der Waals surface area (Å²) < 4.78 is 48.2. The van der Waals surface area contributed by atoms with Gasteiger partial charge >= 0.3 is 12.2 Å². The third kappa shape index (κ3) is 3.74. The molecule has 0 bridgehead atoms. The average molecular weight is 437 g/mol. The number of nitrogens with one attached hydrogen (secondary N) is 1. The second-order valence-corrected chi connectivity index (χ2v) is 7.96. The number of amides is 2. The Morgan fingerprint density at radius 2 is 1.93 bits per heavy atom. The van der Waals surface area contributed by atoms with E-state index in [1.165, 1.54) is 29.2 Å². The third-order valence-electron chi connectivity index (χ3n) is 5.41. The number of fused-ring (bicyclic) bond motifs is 1. The Morgan fingerprint density at radius 1 is 1.23 bits per heavy atom. The molecule has 2 aliphatic rings. The Balaban J connectivity index is 1.79. The van der Waals surface area contributed by atoms with Crippen LogP contribution in [0.25, 0.3) is 0 Å². The van der Waals surface area contributed by atoms with Crippen molar-refractivity contribution in [3.8, 4) is 5.75 Å². The molecule has 1 N–H and O–H groups in total. The van der Waals surface area contributed by atoms with Crippen molar-refractivity contribution < 1.29 is 22.7 Å². The summed E-state index contributed by atoms with van der Waals surface area (Å²) in [5, 5.41) is 2.39. The second-order valence-electron chi connectivity index (χ2n) is 7.53. The number of rotatable bonds is 5. The molecule has 30 heavy (non-hydrogen) atoms. The van der Waals surface area contributed by atoms with Crippen LogP contribution in [0.1, 0.15) is 24.0 Å². The molecule has 0 spiro atoms. The molecule has 4 nitrogen and oxygen atoms in total. The number of alkyl halides is 3. The van der Waals surface area contributed by atoms with Gasteiger partial charge in [-0.1, -0.05) is 29.8 Å². The van der Waals surface area contributed by atoms with Crippen LogP contribution in [0, 0.1) is 5.92 Å². The molecular formula is C22H20ClF3N2O2. The maximum absolute atomic E-state index is 14.3. The van der Waals surface area contributed by atoms with E-state index in [9.17, 15) is 18.0 Å². The Morgan fingerprint density at radius 3 is 2.53 bits per heavy atom. The molecular weight excluding hydrogens is 417 g/mol. The quantitative estimate of drug-likeness (QED) is 0.601. The lowest BCUT2D eigenvalue weighted by molar-refractivity contribution is -0.182. The number of carbonyl (C=O) groups excluding carboxylic acids is 1. The molecule has 1 aliphatic carbocycles. The normalized spacial score (nSPS) is 21.5. The molecule has 2 aromatic rings. The maximum atomic E-state index is 14.3. The summed E-state index contributed by atoms with van der Waals surface area (Å²) in [6, 6.07) is 10.4. The first-order chi connectivity index (χ1) is 14.2. The second kappa shape index (κ2) is 7.54. The molecule has 4 rings (SSSR count). The van der Waals surface area contributed by atoms with Crippen LogP contribution in [0.2, 0.25) is 5.02 Å². The first kappa shape index (κ1) is 20.6.